The molecule has 0 aromatic heterocycles. The first-order chi connectivity index (χ1) is 32.9. The van der Waals surface area contributed by atoms with Gasteiger partial charge in [-0.05, 0) is 148 Å². The van der Waals surface area contributed by atoms with Crippen LogP contribution in [0.5, 0.6) is 0 Å². The molecule has 4 aliphatic carbocycles. The lowest BCUT2D eigenvalue weighted by Crippen LogP contribution is -2.25. The number of ketones is 1. The van der Waals surface area contributed by atoms with Crippen LogP contribution in [0.25, 0.3) is 66.8 Å². The van der Waals surface area contributed by atoms with E-state index in [0.29, 0.717) is 0 Å². The molecule has 15 rings (SSSR count). The molecule has 10 aromatic carbocycles. The molecule has 5 aliphatic rings. The summed E-state index contributed by atoms with van der Waals surface area (Å²) in [4.78, 5) is 15.0. The zero-order valence-electron chi connectivity index (χ0n) is 35.9. The van der Waals surface area contributed by atoms with Gasteiger partial charge < -0.3 is 0 Å². The molecular weight excluding hydrogens is 837 g/mol. The van der Waals surface area contributed by atoms with Gasteiger partial charge in [-0.15, -0.1) is 0 Å². The van der Waals surface area contributed by atoms with Crippen LogP contribution >= 0.6 is 0 Å². The lowest BCUT2D eigenvalue weighted by Gasteiger charge is -2.30. The van der Waals surface area contributed by atoms with Crippen LogP contribution < -0.4 is 0 Å². The molecule has 0 N–H and O–H groups in total. The molecule has 0 saturated heterocycles. The Kier molecular flexibility index (Phi) is 7.08. The van der Waals surface area contributed by atoms with E-state index in [1.165, 1.54) is 89.0 Å². The van der Waals surface area contributed by atoms with E-state index >= 15 is 0 Å². The number of rotatable bonds is 2. The molecule has 1 heterocycles. The van der Waals surface area contributed by atoms with Crippen molar-refractivity contribution in [2.24, 2.45) is 0 Å². The highest BCUT2D eigenvalue weighted by molar-refractivity contribution is 7.91. The summed E-state index contributed by atoms with van der Waals surface area (Å²) in [6, 6.07) is 76.0. The Morgan fingerprint density at radius 3 is 0.821 bits per heavy atom. The normalized spacial score (nSPS) is 15.7. The molecule has 2 spiro atoms. The van der Waals surface area contributed by atoms with E-state index in [1.54, 1.807) is 24.3 Å². The van der Waals surface area contributed by atoms with E-state index in [9.17, 15) is 13.2 Å². The van der Waals surface area contributed by atoms with Crippen molar-refractivity contribution in [3.05, 3.63) is 274 Å². The van der Waals surface area contributed by atoms with Crippen molar-refractivity contribution in [2.75, 3.05) is 0 Å². The number of benzene rings is 10. The summed E-state index contributed by atoms with van der Waals surface area (Å²) in [6.45, 7) is 0. The highest BCUT2D eigenvalue weighted by atomic mass is 32.2. The largest absolute Gasteiger partial charge is 0.289 e. The van der Waals surface area contributed by atoms with E-state index in [4.69, 9.17) is 0 Å². The first-order valence-corrected chi connectivity index (χ1v) is 24.3. The van der Waals surface area contributed by atoms with Crippen LogP contribution in [0, 0.1) is 0 Å². The van der Waals surface area contributed by atoms with Crippen LogP contribution in [0.2, 0.25) is 0 Å². The maximum absolute atomic E-state index is 14.9. The maximum atomic E-state index is 14.9. The second kappa shape index (κ2) is 12.8. The zero-order chi connectivity index (χ0) is 44.4. The first-order valence-electron chi connectivity index (χ1n) is 22.9. The summed E-state index contributed by atoms with van der Waals surface area (Å²) in [5, 5.41) is 0. The first kappa shape index (κ1) is 37.1. The fourth-order valence-electron chi connectivity index (χ4n) is 13.1. The highest BCUT2D eigenvalue weighted by Crippen LogP contribution is 2.65. The van der Waals surface area contributed by atoms with Gasteiger partial charge in [0.15, 0.2) is 5.78 Å². The van der Waals surface area contributed by atoms with E-state index in [1.807, 2.05) is 12.1 Å². The predicted octanol–water partition coefficient (Wildman–Crippen LogP) is 14.1. The fourth-order valence-corrected chi connectivity index (χ4v) is 14.7. The molecule has 0 amide bonds. The van der Waals surface area contributed by atoms with E-state index in [2.05, 4.69) is 182 Å². The van der Waals surface area contributed by atoms with Crippen molar-refractivity contribution in [1.29, 1.82) is 0 Å². The van der Waals surface area contributed by atoms with Gasteiger partial charge in [-0.1, -0.05) is 182 Å². The summed E-state index contributed by atoms with van der Waals surface area (Å²) in [5.74, 6) is -0.295. The smallest absolute Gasteiger partial charge is 0.208 e. The van der Waals surface area contributed by atoms with Gasteiger partial charge in [0.25, 0.3) is 0 Å². The minimum absolute atomic E-state index is 0.0426. The maximum Gasteiger partial charge on any atom is 0.208 e. The summed E-state index contributed by atoms with van der Waals surface area (Å²) in [7, 11) is -4.01. The molecule has 3 nitrogen and oxygen atoms in total. The minimum atomic E-state index is -4.01. The zero-order valence-corrected chi connectivity index (χ0v) is 36.7. The van der Waals surface area contributed by atoms with Crippen molar-refractivity contribution in [2.45, 2.75) is 20.6 Å². The Morgan fingerprint density at radius 1 is 0.254 bits per heavy atom. The second-order valence-corrected chi connectivity index (χ2v) is 20.4. The molecule has 0 bridgehead atoms. The van der Waals surface area contributed by atoms with Crippen LogP contribution in [0.3, 0.4) is 0 Å². The third-order valence-electron chi connectivity index (χ3n) is 15.7. The van der Waals surface area contributed by atoms with Gasteiger partial charge in [-0.3, -0.25) is 4.79 Å². The van der Waals surface area contributed by atoms with Gasteiger partial charge in [0.2, 0.25) is 9.84 Å². The highest BCUT2D eigenvalue weighted by Gasteiger charge is 2.53. The van der Waals surface area contributed by atoms with Gasteiger partial charge in [-0.25, -0.2) is 8.42 Å². The summed E-state index contributed by atoms with van der Waals surface area (Å²) in [6.07, 6.45) is 0. The molecule has 67 heavy (non-hydrogen) atoms. The quantitative estimate of drug-likeness (QED) is 0.174. The molecular formula is C63H36O3S. The molecule has 0 fully saturated rings. The molecule has 0 radical (unpaired) electrons. The summed E-state index contributed by atoms with van der Waals surface area (Å²) >= 11 is 0. The van der Waals surface area contributed by atoms with E-state index in [-0.39, 0.29) is 26.7 Å². The Balaban J connectivity index is 0.865. The predicted molar refractivity (Wildman–Crippen MR) is 265 cm³/mol. The number of hydrogen-bond acceptors (Lipinski definition) is 3. The van der Waals surface area contributed by atoms with Crippen LogP contribution in [-0.4, -0.2) is 14.2 Å². The van der Waals surface area contributed by atoms with Crippen molar-refractivity contribution < 1.29 is 13.2 Å². The summed E-state index contributed by atoms with van der Waals surface area (Å²) in [5.41, 5.74) is 22.3. The molecule has 4 heteroatoms. The number of fused-ring (bicyclic) bond motifs is 22. The molecule has 0 atom stereocenters. The number of carbonyl (C=O) groups excluding carboxylic acids is 1. The van der Waals surface area contributed by atoms with Crippen LogP contribution in [0.15, 0.2) is 228 Å². The monoisotopic (exact) mass is 872 g/mol. The van der Waals surface area contributed by atoms with Crippen LogP contribution in [-0.2, 0) is 20.7 Å². The van der Waals surface area contributed by atoms with Crippen molar-refractivity contribution in [3.63, 3.8) is 0 Å². The van der Waals surface area contributed by atoms with Gasteiger partial charge in [0.05, 0.1) is 20.6 Å². The van der Waals surface area contributed by atoms with Gasteiger partial charge in [-0.2, -0.15) is 0 Å². The average molecular weight is 873 g/mol. The van der Waals surface area contributed by atoms with Crippen LogP contribution in [0.4, 0.5) is 0 Å². The molecule has 312 valence electrons. The SMILES string of the molecule is O=C1c2cc(-c3ccc4c(c3)C3(c5ccccc5-c5ccccc53)c3ccccc3-4)ccc2S(=O)(=O)c2ccc(-c3ccc4c(c3)C3(c5ccccc5-c5ccccc53)c3ccccc3-4)cc21. The molecule has 0 saturated carbocycles. The van der Waals surface area contributed by atoms with Crippen molar-refractivity contribution >= 4 is 15.6 Å². The van der Waals surface area contributed by atoms with Gasteiger partial charge >= 0.3 is 0 Å². The van der Waals surface area contributed by atoms with Crippen molar-refractivity contribution in [3.8, 4) is 66.8 Å². The Morgan fingerprint density at radius 2 is 0.507 bits per heavy atom. The lowest BCUT2D eigenvalue weighted by atomic mass is 9.70. The number of hydrogen-bond donors (Lipinski definition) is 0. The Hall–Kier alpha value is -8.18. The third kappa shape index (κ3) is 4.42. The molecule has 10 aromatic rings. The molecule has 0 unspecified atom stereocenters. The topological polar surface area (TPSA) is 51.2 Å². The fraction of sp³-hybridized carbons (Fsp3) is 0.0317. The van der Waals surface area contributed by atoms with Gasteiger partial charge in [0.1, 0.15) is 0 Å². The van der Waals surface area contributed by atoms with Crippen LogP contribution in [0.1, 0.15) is 60.4 Å². The minimum Gasteiger partial charge on any atom is -0.289 e. The van der Waals surface area contributed by atoms with Crippen molar-refractivity contribution in [1.82, 2.24) is 0 Å². The van der Waals surface area contributed by atoms with E-state index in [0.717, 1.165) is 22.3 Å². The lowest BCUT2D eigenvalue weighted by molar-refractivity contribution is 0.103. The van der Waals surface area contributed by atoms with E-state index < -0.39 is 20.7 Å². The third-order valence-corrected chi connectivity index (χ3v) is 17.6. The number of sulfone groups is 1. The summed E-state index contributed by atoms with van der Waals surface area (Å²) < 4.78 is 29.1. The second-order valence-electron chi connectivity index (χ2n) is 18.5. The molecule has 1 aliphatic heterocycles. The number of carbonyl (C=O) groups is 1. The Labute approximate surface area is 388 Å². The van der Waals surface area contributed by atoms with Gasteiger partial charge in [0, 0.05) is 11.1 Å². The standard InChI is InChI=1S/C63H36O3S/c64-61-49-33-37(39-25-29-47-45-17-5-11-23-55(45)62(57(47)35-39)51-19-7-1-13-41(51)42-14-2-8-20-52(42)62)27-31-59(49)67(65,66)60-32-28-38(34-50(60)61)40-26-30-48-46-18-6-12-24-56(46)63(58(48)36-40)53-21-9-3-15-43(53)44-16-4-10-22-54(44)63/h1-36H. The Bertz CT molecular complexity index is 3660. The average Bonchev–Trinajstić information content (AvgIpc) is 4.06.